The Labute approximate surface area is 167 Å². The van der Waals surface area contributed by atoms with Gasteiger partial charge in [-0.05, 0) is 51.6 Å². The van der Waals surface area contributed by atoms with E-state index in [1.54, 1.807) is 6.20 Å². The number of ether oxygens (including phenoxy) is 1. The maximum Gasteiger partial charge on any atom is 0.103 e. The zero-order chi connectivity index (χ0) is 19.5. The van der Waals surface area contributed by atoms with Crippen LogP contribution in [0.25, 0.3) is 10.9 Å². The lowest BCUT2D eigenvalue weighted by Gasteiger charge is -2.38. The number of anilines is 1. The van der Waals surface area contributed by atoms with Crippen LogP contribution in [-0.4, -0.2) is 54.8 Å². The van der Waals surface area contributed by atoms with Crippen molar-refractivity contribution < 1.29 is 4.74 Å². The van der Waals surface area contributed by atoms with Crippen molar-refractivity contribution in [2.75, 3.05) is 37.6 Å². The van der Waals surface area contributed by atoms with E-state index in [2.05, 4.69) is 40.8 Å². The van der Waals surface area contributed by atoms with Crippen molar-refractivity contribution in [1.82, 2.24) is 9.88 Å². The first kappa shape index (κ1) is 19.2. The molecule has 5 nitrogen and oxygen atoms in total. The molecule has 0 bridgehead atoms. The van der Waals surface area contributed by atoms with Gasteiger partial charge in [-0.2, -0.15) is 5.26 Å². The van der Waals surface area contributed by atoms with Crippen molar-refractivity contribution in [1.29, 1.82) is 5.26 Å². The van der Waals surface area contributed by atoms with Gasteiger partial charge in [-0.3, -0.25) is 9.88 Å². The van der Waals surface area contributed by atoms with Crippen LogP contribution in [0.2, 0.25) is 0 Å². The molecule has 1 aromatic heterocycles. The van der Waals surface area contributed by atoms with Crippen LogP contribution in [0.5, 0.6) is 0 Å². The van der Waals surface area contributed by atoms with Crippen LogP contribution in [0.4, 0.5) is 5.69 Å². The maximum atomic E-state index is 9.60. The smallest absolute Gasteiger partial charge is 0.103 e. The summed E-state index contributed by atoms with van der Waals surface area (Å²) in [5, 5.41) is 10.7. The molecule has 3 heterocycles. The predicted octanol–water partition coefficient (Wildman–Crippen LogP) is 3.82. The molecule has 0 amide bonds. The highest BCUT2D eigenvalue weighted by molar-refractivity contribution is 5.94. The molecule has 148 valence electrons. The van der Waals surface area contributed by atoms with Gasteiger partial charge in [0.15, 0.2) is 0 Å². The molecule has 2 unspecified atom stereocenters. The van der Waals surface area contributed by atoms with Crippen molar-refractivity contribution in [3.63, 3.8) is 0 Å². The van der Waals surface area contributed by atoms with Crippen LogP contribution in [0, 0.1) is 17.2 Å². The van der Waals surface area contributed by atoms with E-state index in [9.17, 15) is 5.26 Å². The second-order valence-electron chi connectivity index (χ2n) is 8.39. The van der Waals surface area contributed by atoms with Gasteiger partial charge in [0, 0.05) is 37.8 Å². The van der Waals surface area contributed by atoms with Gasteiger partial charge in [-0.15, -0.1) is 0 Å². The highest BCUT2D eigenvalue weighted by Crippen LogP contribution is 2.33. The van der Waals surface area contributed by atoms with Crippen LogP contribution >= 0.6 is 0 Å². The Morgan fingerprint density at radius 3 is 2.57 bits per heavy atom. The average Bonchev–Trinajstić information content (AvgIpc) is 2.71. The third-order valence-electron chi connectivity index (χ3n) is 6.15. The van der Waals surface area contributed by atoms with Crippen LogP contribution in [0.1, 0.15) is 38.7 Å². The minimum Gasteiger partial charge on any atom is -0.373 e. The normalized spacial score (nSPS) is 24.4. The number of pyridine rings is 1. The molecule has 4 rings (SSSR count). The molecule has 0 aliphatic carbocycles. The van der Waals surface area contributed by atoms with Crippen molar-refractivity contribution in [2.45, 2.75) is 45.3 Å². The summed E-state index contributed by atoms with van der Waals surface area (Å²) < 4.78 is 5.85. The first-order chi connectivity index (χ1) is 13.6. The summed E-state index contributed by atoms with van der Waals surface area (Å²) in [6.45, 7) is 9.66. The highest BCUT2D eigenvalue weighted by atomic mass is 16.5. The second-order valence-corrected chi connectivity index (χ2v) is 8.39. The van der Waals surface area contributed by atoms with Gasteiger partial charge in [0.2, 0.25) is 0 Å². The Bertz CT molecular complexity index is 843. The summed E-state index contributed by atoms with van der Waals surface area (Å²) in [6.07, 6.45) is 6.05. The van der Waals surface area contributed by atoms with E-state index in [-0.39, 0.29) is 0 Å². The molecular weight excluding hydrogens is 348 g/mol. The number of nitriles is 1. The van der Waals surface area contributed by atoms with E-state index in [1.807, 2.05) is 18.2 Å². The molecule has 0 radical (unpaired) electrons. The van der Waals surface area contributed by atoms with Gasteiger partial charge in [-0.1, -0.05) is 18.2 Å². The molecule has 0 saturated carbocycles. The topological polar surface area (TPSA) is 52.4 Å². The minimum atomic E-state index is 0.343. The average molecular weight is 379 g/mol. The van der Waals surface area contributed by atoms with Gasteiger partial charge in [0.05, 0.1) is 29.0 Å². The van der Waals surface area contributed by atoms with E-state index < -0.39 is 0 Å². The standard InChI is InChI=1S/C23H30N4O/c1-17-15-26(16-18(2)28-17)10-7-19-8-11-27(12-9-19)23-20(13-24)14-25-22-6-4-3-5-21(22)23/h3-6,14,17-19H,7-12,15-16H2,1-2H3. The van der Waals surface area contributed by atoms with Crippen molar-refractivity contribution in [3.05, 3.63) is 36.0 Å². The molecule has 2 saturated heterocycles. The number of morpholine rings is 1. The molecule has 1 aromatic carbocycles. The Morgan fingerprint density at radius 2 is 1.86 bits per heavy atom. The number of hydrogen-bond acceptors (Lipinski definition) is 5. The number of hydrogen-bond donors (Lipinski definition) is 0. The molecule has 0 N–H and O–H groups in total. The predicted molar refractivity (Wildman–Crippen MR) is 112 cm³/mol. The summed E-state index contributed by atoms with van der Waals surface area (Å²) in [5.41, 5.74) is 2.73. The fourth-order valence-corrected chi connectivity index (χ4v) is 4.83. The lowest BCUT2D eigenvalue weighted by molar-refractivity contribution is -0.0690. The van der Waals surface area contributed by atoms with E-state index >= 15 is 0 Å². The molecule has 2 aliphatic rings. The largest absolute Gasteiger partial charge is 0.373 e. The Kier molecular flexibility index (Phi) is 5.79. The van der Waals surface area contributed by atoms with Gasteiger partial charge >= 0.3 is 0 Å². The fourth-order valence-electron chi connectivity index (χ4n) is 4.83. The molecule has 2 atom stereocenters. The lowest BCUT2D eigenvalue weighted by Crippen LogP contribution is -2.46. The zero-order valence-electron chi connectivity index (χ0n) is 17.0. The van der Waals surface area contributed by atoms with Crippen LogP contribution in [-0.2, 0) is 4.74 Å². The Morgan fingerprint density at radius 1 is 1.14 bits per heavy atom. The third kappa shape index (κ3) is 4.14. The van der Waals surface area contributed by atoms with Gasteiger partial charge < -0.3 is 9.64 Å². The summed E-state index contributed by atoms with van der Waals surface area (Å²) in [5.74, 6) is 0.767. The molecule has 2 aromatic rings. The summed E-state index contributed by atoms with van der Waals surface area (Å²) >= 11 is 0. The number of para-hydroxylation sites is 1. The monoisotopic (exact) mass is 378 g/mol. The molecule has 2 fully saturated rings. The molecule has 28 heavy (non-hydrogen) atoms. The van der Waals surface area contributed by atoms with Gasteiger partial charge in [0.1, 0.15) is 6.07 Å². The van der Waals surface area contributed by atoms with Crippen LogP contribution in [0.15, 0.2) is 30.5 Å². The number of aromatic nitrogens is 1. The summed E-state index contributed by atoms with van der Waals surface area (Å²) in [4.78, 5) is 9.42. The molecule has 2 aliphatic heterocycles. The molecule has 0 spiro atoms. The SMILES string of the molecule is CC1CN(CCC2CCN(c3c(C#N)cnc4ccccc34)CC2)CC(C)O1. The van der Waals surface area contributed by atoms with Gasteiger partial charge in [-0.25, -0.2) is 0 Å². The third-order valence-corrected chi connectivity index (χ3v) is 6.15. The number of nitrogens with zero attached hydrogens (tertiary/aromatic N) is 4. The highest BCUT2D eigenvalue weighted by Gasteiger charge is 2.26. The number of piperidine rings is 1. The number of fused-ring (bicyclic) bond motifs is 1. The lowest BCUT2D eigenvalue weighted by atomic mass is 9.92. The quantitative estimate of drug-likeness (QED) is 0.809. The summed E-state index contributed by atoms with van der Waals surface area (Å²) in [7, 11) is 0. The molecule has 5 heteroatoms. The first-order valence-electron chi connectivity index (χ1n) is 10.5. The van der Waals surface area contributed by atoms with E-state index in [0.29, 0.717) is 17.8 Å². The van der Waals surface area contributed by atoms with E-state index in [1.165, 1.54) is 25.8 Å². The summed E-state index contributed by atoms with van der Waals surface area (Å²) in [6, 6.07) is 10.5. The van der Waals surface area contributed by atoms with Crippen LogP contribution in [0.3, 0.4) is 0 Å². The van der Waals surface area contributed by atoms with Crippen LogP contribution < -0.4 is 4.90 Å². The number of benzene rings is 1. The zero-order valence-corrected chi connectivity index (χ0v) is 17.0. The second kappa shape index (κ2) is 8.46. The Hall–Kier alpha value is -2.16. The fraction of sp³-hybridized carbons (Fsp3) is 0.565. The van der Waals surface area contributed by atoms with Gasteiger partial charge in [0.25, 0.3) is 0 Å². The first-order valence-corrected chi connectivity index (χ1v) is 10.5. The van der Waals surface area contributed by atoms with Crippen molar-refractivity contribution >= 4 is 16.6 Å². The van der Waals surface area contributed by atoms with Crippen molar-refractivity contribution in [3.8, 4) is 6.07 Å². The Balaban J connectivity index is 1.38. The minimum absolute atomic E-state index is 0.343. The van der Waals surface area contributed by atoms with E-state index in [0.717, 1.165) is 48.7 Å². The maximum absolute atomic E-state index is 9.60. The molecular formula is C23H30N4O. The van der Waals surface area contributed by atoms with E-state index in [4.69, 9.17) is 4.74 Å². The van der Waals surface area contributed by atoms with Crippen molar-refractivity contribution in [2.24, 2.45) is 5.92 Å². The number of rotatable bonds is 4.